The standard InChI is InChI=1S/C28H36N/c1-5-8-9-13-23-20-26-24(19-21(23)4)15-17-28(6-2,7-3)29-18-16-22-12-10-11-14-25(22)27(26)29/h10-12,14,16,18-20H,5-9,13,15,17H2,1-4H3/q+1. The Morgan fingerprint density at radius 2 is 1.76 bits per heavy atom. The molecule has 1 aromatic heterocycles. The summed E-state index contributed by atoms with van der Waals surface area (Å²) in [6.07, 6.45) is 12.2. The van der Waals surface area contributed by atoms with Gasteiger partial charge in [-0.05, 0) is 60.4 Å². The molecule has 0 saturated carbocycles. The monoisotopic (exact) mass is 386 g/mol. The highest BCUT2D eigenvalue weighted by molar-refractivity contribution is 5.93. The van der Waals surface area contributed by atoms with Crippen molar-refractivity contribution in [1.82, 2.24) is 0 Å². The second-order valence-electron chi connectivity index (χ2n) is 8.95. The molecule has 0 aliphatic carbocycles. The molecule has 3 aromatic rings. The minimum absolute atomic E-state index is 0.203. The van der Waals surface area contributed by atoms with Gasteiger partial charge in [0.1, 0.15) is 0 Å². The van der Waals surface area contributed by atoms with Crippen molar-refractivity contribution in [1.29, 1.82) is 0 Å². The minimum atomic E-state index is 0.203. The van der Waals surface area contributed by atoms with E-state index < -0.39 is 0 Å². The average Bonchev–Trinajstić information content (AvgIpc) is 2.89. The number of hydrogen-bond acceptors (Lipinski definition) is 0. The predicted octanol–water partition coefficient (Wildman–Crippen LogP) is 7.30. The van der Waals surface area contributed by atoms with Gasteiger partial charge in [-0.15, -0.1) is 0 Å². The van der Waals surface area contributed by atoms with Crippen LogP contribution in [0.2, 0.25) is 0 Å². The van der Waals surface area contributed by atoms with Crippen LogP contribution in [0.3, 0.4) is 0 Å². The highest BCUT2D eigenvalue weighted by atomic mass is 15.1. The molecule has 0 atom stereocenters. The largest absolute Gasteiger partial charge is 0.221 e. The van der Waals surface area contributed by atoms with E-state index >= 15 is 0 Å². The summed E-state index contributed by atoms with van der Waals surface area (Å²) in [7, 11) is 0. The van der Waals surface area contributed by atoms with Gasteiger partial charge >= 0.3 is 0 Å². The third-order valence-electron chi connectivity index (χ3n) is 7.41. The fourth-order valence-electron chi connectivity index (χ4n) is 5.39. The fourth-order valence-corrected chi connectivity index (χ4v) is 5.39. The van der Waals surface area contributed by atoms with Crippen molar-refractivity contribution in [3.63, 3.8) is 0 Å². The number of aromatic nitrogens is 1. The molecule has 1 nitrogen and oxygen atoms in total. The van der Waals surface area contributed by atoms with E-state index in [0.29, 0.717) is 0 Å². The summed E-state index contributed by atoms with van der Waals surface area (Å²) >= 11 is 0. The van der Waals surface area contributed by atoms with Crippen molar-refractivity contribution in [3.8, 4) is 11.3 Å². The van der Waals surface area contributed by atoms with Crippen LogP contribution in [-0.2, 0) is 18.4 Å². The van der Waals surface area contributed by atoms with E-state index in [0.717, 1.165) is 0 Å². The van der Waals surface area contributed by atoms with Crippen molar-refractivity contribution in [2.45, 2.75) is 84.6 Å². The quantitative estimate of drug-likeness (QED) is 0.309. The Bertz CT molecular complexity index is 1010. The van der Waals surface area contributed by atoms with Crippen LogP contribution >= 0.6 is 0 Å². The van der Waals surface area contributed by atoms with Crippen molar-refractivity contribution in [3.05, 3.63) is 65.4 Å². The lowest BCUT2D eigenvalue weighted by atomic mass is 9.86. The van der Waals surface area contributed by atoms with Crippen LogP contribution in [0.25, 0.3) is 22.0 Å². The highest BCUT2D eigenvalue weighted by Crippen LogP contribution is 2.39. The van der Waals surface area contributed by atoms with Crippen LogP contribution in [0.5, 0.6) is 0 Å². The summed E-state index contributed by atoms with van der Waals surface area (Å²) < 4.78 is 2.65. The van der Waals surface area contributed by atoms with Crippen LogP contribution in [0.15, 0.2) is 48.7 Å². The van der Waals surface area contributed by atoms with E-state index in [4.69, 9.17) is 0 Å². The maximum Gasteiger partial charge on any atom is 0.221 e. The molecule has 4 rings (SSSR count). The lowest BCUT2D eigenvalue weighted by molar-refractivity contribution is -0.756. The van der Waals surface area contributed by atoms with Gasteiger partial charge in [-0.2, -0.15) is 4.57 Å². The summed E-state index contributed by atoms with van der Waals surface area (Å²) in [6, 6.07) is 16.3. The number of aryl methyl sites for hydroxylation is 3. The van der Waals surface area contributed by atoms with Crippen molar-refractivity contribution >= 4 is 10.8 Å². The Hall–Kier alpha value is -2.15. The smallest absolute Gasteiger partial charge is 0.192 e. The van der Waals surface area contributed by atoms with Crippen molar-refractivity contribution in [2.75, 3.05) is 0 Å². The molecular weight excluding hydrogens is 350 g/mol. The molecular formula is C28H36N+. The Morgan fingerprint density at radius 1 is 0.966 bits per heavy atom. The maximum atomic E-state index is 2.65. The van der Waals surface area contributed by atoms with Crippen LogP contribution in [-0.4, -0.2) is 0 Å². The molecule has 2 aromatic carbocycles. The molecule has 0 spiro atoms. The van der Waals surface area contributed by atoms with Crippen LogP contribution in [0, 0.1) is 6.92 Å². The molecule has 0 radical (unpaired) electrons. The Labute approximate surface area is 176 Å². The summed E-state index contributed by atoms with van der Waals surface area (Å²) in [5, 5.41) is 2.74. The van der Waals surface area contributed by atoms with Gasteiger partial charge in [-0.25, -0.2) is 0 Å². The van der Waals surface area contributed by atoms with Gasteiger partial charge in [0.05, 0.1) is 10.9 Å². The molecule has 1 aliphatic heterocycles. The molecule has 0 fully saturated rings. The van der Waals surface area contributed by atoms with Gasteiger partial charge < -0.3 is 0 Å². The number of rotatable bonds is 6. The first-order valence-electron chi connectivity index (χ1n) is 11.7. The summed E-state index contributed by atoms with van der Waals surface area (Å²) in [5.74, 6) is 0. The van der Waals surface area contributed by atoms with E-state index in [1.165, 1.54) is 90.1 Å². The summed E-state index contributed by atoms with van der Waals surface area (Å²) in [5.41, 5.74) is 7.67. The van der Waals surface area contributed by atoms with Gasteiger partial charge in [0, 0.05) is 25.3 Å². The first kappa shape index (κ1) is 20.1. The summed E-state index contributed by atoms with van der Waals surface area (Å²) in [6.45, 7) is 9.34. The number of benzene rings is 2. The Kier molecular flexibility index (Phi) is 5.76. The SMILES string of the molecule is CCCCCc1cc2c(cc1C)CCC(CC)(CC)[n+]1ccc3ccccc3c1-2. The lowest BCUT2D eigenvalue weighted by Gasteiger charge is -2.26. The first-order chi connectivity index (χ1) is 14.1. The van der Waals surface area contributed by atoms with Gasteiger partial charge in [-0.3, -0.25) is 0 Å². The average molecular weight is 387 g/mol. The number of pyridine rings is 1. The highest BCUT2D eigenvalue weighted by Gasteiger charge is 2.41. The molecule has 0 N–H and O–H groups in total. The normalized spacial score (nSPS) is 15.0. The van der Waals surface area contributed by atoms with Crippen molar-refractivity contribution < 1.29 is 4.57 Å². The van der Waals surface area contributed by atoms with E-state index in [2.05, 4.69) is 80.9 Å². The van der Waals surface area contributed by atoms with Crippen LogP contribution < -0.4 is 4.57 Å². The van der Waals surface area contributed by atoms with E-state index in [-0.39, 0.29) is 5.54 Å². The van der Waals surface area contributed by atoms with Crippen LogP contribution in [0.4, 0.5) is 0 Å². The zero-order valence-electron chi connectivity index (χ0n) is 18.7. The Morgan fingerprint density at radius 3 is 2.52 bits per heavy atom. The zero-order valence-corrected chi connectivity index (χ0v) is 18.7. The van der Waals surface area contributed by atoms with Gasteiger partial charge in [-0.1, -0.05) is 57.9 Å². The molecule has 0 saturated heterocycles. The molecule has 1 heteroatoms. The first-order valence-corrected chi connectivity index (χ1v) is 11.7. The molecule has 2 heterocycles. The van der Waals surface area contributed by atoms with Crippen molar-refractivity contribution in [2.24, 2.45) is 0 Å². The molecule has 0 bridgehead atoms. The molecule has 29 heavy (non-hydrogen) atoms. The number of nitrogens with zero attached hydrogens (tertiary/aromatic N) is 1. The maximum absolute atomic E-state index is 2.65. The molecule has 152 valence electrons. The second kappa shape index (κ2) is 8.30. The Balaban J connectivity index is 1.99. The van der Waals surface area contributed by atoms with E-state index in [1.807, 2.05) is 0 Å². The topological polar surface area (TPSA) is 3.88 Å². The van der Waals surface area contributed by atoms with E-state index in [9.17, 15) is 0 Å². The molecule has 0 amide bonds. The van der Waals surface area contributed by atoms with Gasteiger partial charge in [0.15, 0.2) is 11.7 Å². The third kappa shape index (κ3) is 3.50. The number of fused-ring (bicyclic) bond motifs is 5. The number of hydrogen-bond donors (Lipinski definition) is 0. The van der Waals surface area contributed by atoms with Gasteiger partial charge in [0.25, 0.3) is 0 Å². The fraction of sp³-hybridized carbons (Fsp3) is 0.464. The summed E-state index contributed by atoms with van der Waals surface area (Å²) in [4.78, 5) is 0. The number of unbranched alkanes of at least 4 members (excludes halogenated alkanes) is 2. The third-order valence-corrected chi connectivity index (χ3v) is 7.41. The predicted molar refractivity (Wildman–Crippen MR) is 124 cm³/mol. The van der Waals surface area contributed by atoms with Gasteiger partial charge in [0.2, 0.25) is 5.69 Å². The molecule has 1 aliphatic rings. The lowest BCUT2D eigenvalue weighted by Crippen LogP contribution is -2.56. The van der Waals surface area contributed by atoms with E-state index in [1.54, 1.807) is 0 Å². The molecule has 0 unspecified atom stereocenters. The minimum Gasteiger partial charge on any atom is -0.192 e. The van der Waals surface area contributed by atoms with Crippen LogP contribution in [0.1, 0.15) is 76.0 Å². The second-order valence-corrected chi connectivity index (χ2v) is 8.95. The zero-order chi connectivity index (χ0) is 20.4.